The van der Waals surface area contributed by atoms with Gasteiger partial charge in [0.1, 0.15) is 21.9 Å². The number of nitro benzene ring substituents is 1. The second-order valence-corrected chi connectivity index (χ2v) is 12.0. The number of carbonyl (C=O) groups is 1. The van der Waals surface area contributed by atoms with Gasteiger partial charge in [0.2, 0.25) is 5.91 Å². The molecule has 0 bridgehead atoms. The van der Waals surface area contributed by atoms with Crippen molar-refractivity contribution in [2.75, 3.05) is 24.3 Å². The Morgan fingerprint density at radius 2 is 1.95 bits per heavy atom. The van der Waals surface area contributed by atoms with Crippen molar-refractivity contribution in [3.63, 3.8) is 0 Å². The second kappa shape index (κ2) is 11.2. The lowest BCUT2D eigenvalue weighted by molar-refractivity contribution is -0.385. The summed E-state index contributed by atoms with van der Waals surface area (Å²) >= 11 is 3.10. The van der Waals surface area contributed by atoms with E-state index in [1.807, 2.05) is 0 Å². The summed E-state index contributed by atoms with van der Waals surface area (Å²) in [4.78, 5) is 35.3. The van der Waals surface area contributed by atoms with Gasteiger partial charge < -0.3 is 14.8 Å². The van der Waals surface area contributed by atoms with E-state index < -0.39 is 4.92 Å². The largest absolute Gasteiger partial charge is 0.491 e. The molecular weight excluding hydrogens is 512 g/mol. The quantitative estimate of drug-likeness (QED) is 0.145. The Morgan fingerprint density at radius 1 is 1.22 bits per heavy atom. The topological polar surface area (TPSA) is 116 Å². The SMILES string of the molecule is CCOc1cc([N+](=O)[O-])c(OCC)cc1NC(=O)CSc1ncnc2sc3c(c12)CCC(C(C)(C)C)C3. The smallest absolute Gasteiger partial charge is 0.314 e. The molecule has 4 rings (SSSR count). The first-order valence-corrected chi connectivity index (χ1v) is 14.2. The molecular formula is C26H32N4O5S2. The number of nitro groups is 1. The third-order valence-corrected chi connectivity index (χ3v) is 8.66. The zero-order valence-corrected chi connectivity index (χ0v) is 23.4. The Kier molecular flexibility index (Phi) is 8.23. The molecule has 198 valence electrons. The van der Waals surface area contributed by atoms with E-state index in [-0.39, 0.29) is 40.9 Å². The minimum atomic E-state index is -0.527. The number of hydrogen-bond donors (Lipinski definition) is 1. The van der Waals surface area contributed by atoms with E-state index >= 15 is 0 Å². The molecule has 1 aromatic carbocycles. The Bertz CT molecular complexity index is 1320. The van der Waals surface area contributed by atoms with Gasteiger partial charge >= 0.3 is 5.69 Å². The van der Waals surface area contributed by atoms with Crippen LogP contribution in [0.1, 0.15) is 51.5 Å². The summed E-state index contributed by atoms with van der Waals surface area (Å²) in [5.74, 6) is 0.778. The lowest BCUT2D eigenvalue weighted by atomic mass is 9.72. The number of carbonyl (C=O) groups excluding carboxylic acids is 1. The van der Waals surface area contributed by atoms with Gasteiger partial charge in [-0.1, -0.05) is 32.5 Å². The first-order chi connectivity index (χ1) is 17.6. The number of nitrogens with zero attached hydrogens (tertiary/aromatic N) is 3. The maximum absolute atomic E-state index is 12.9. The summed E-state index contributed by atoms with van der Waals surface area (Å²) in [5.41, 5.74) is 1.70. The summed E-state index contributed by atoms with van der Waals surface area (Å²) in [5, 5.41) is 16.2. The van der Waals surface area contributed by atoms with Crippen molar-refractivity contribution in [2.45, 2.75) is 58.9 Å². The van der Waals surface area contributed by atoms with Crippen LogP contribution < -0.4 is 14.8 Å². The van der Waals surface area contributed by atoms with Crippen LogP contribution in [0.15, 0.2) is 23.5 Å². The van der Waals surface area contributed by atoms with Crippen LogP contribution in [0.3, 0.4) is 0 Å². The van der Waals surface area contributed by atoms with Gasteiger partial charge in [0.05, 0.1) is 35.6 Å². The first-order valence-electron chi connectivity index (χ1n) is 12.4. The summed E-state index contributed by atoms with van der Waals surface area (Å²) in [6, 6.07) is 2.73. The van der Waals surface area contributed by atoms with Crippen LogP contribution >= 0.6 is 23.1 Å². The Morgan fingerprint density at radius 3 is 2.62 bits per heavy atom. The summed E-state index contributed by atoms with van der Waals surface area (Å²) in [7, 11) is 0. The zero-order valence-electron chi connectivity index (χ0n) is 21.8. The first kappa shape index (κ1) is 27.1. The highest BCUT2D eigenvalue weighted by Crippen LogP contribution is 2.45. The van der Waals surface area contributed by atoms with Gasteiger partial charge in [-0.15, -0.1) is 11.3 Å². The highest BCUT2D eigenvalue weighted by molar-refractivity contribution is 8.00. The fourth-order valence-corrected chi connectivity index (χ4v) is 6.74. The summed E-state index contributed by atoms with van der Waals surface area (Å²) in [6.07, 6.45) is 4.73. The van der Waals surface area contributed by atoms with E-state index in [0.29, 0.717) is 18.2 Å². The standard InChI is InChI=1S/C26H32N4O5S2/c1-6-34-19-12-18(30(32)33)20(35-7-2)11-17(19)29-22(31)13-36-24-23-16-9-8-15(26(3,4)5)10-21(16)37-25(23)28-14-27-24/h11-12,14-15H,6-10,13H2,1-5H3,(H,29,31). The minimum Gasteiger partial charge on any atom is -0.491 e. The van der Waals surface area contributed by atoms with Crippen LogP contribution in [0.25, 0.3) is 10.2 Å². The Hall–Kier alpha value is -2.92. The average molecular weight is 545 g/mol. The normalized spacial score (nSPS) is 15.3. The van der Waals surface area contributed by atoms with E-state index in [1.165, 1.54) is 34.3 Å². The molecule has 1 amide bonds. The molecule has 2 aromatic heterocycles. The maximum atomic E-state index is 12.9. The predicted molar refractivity (Wildman–Crippen MR) is 147 cm³/mol. The molecule has 37 heavy (non-hydrogen) atoms. The molecule has 0 radical (unpaired) electrons. The number of nitrogens with one attached hydrogen (secondary N) is 1. The molecule has 2 heterocycles. The molecule has 1 aliphatic rings. The highest BCUT2D eigenvalue weighted by atomic mass is 32.2. The van der Waals surface area contributed by atoms with Crippen molar-refractivity contribution >= 4 is 50.6 Å². The number of ether oxygens (including phenoxy) is 2. The van der Waals surface area contributed by atoms with Gasteiger partial charge in [0, 0.05) is 16.3 Å². The fraction of sp³-hybridized carbons (Fsp3) is 0.500. The van der Waals surface area contributed by atoms with Gasteiger partial charge in [0.15, 0.2) is 5.75 Å². The van der Waals surface area contributed by atoms with Crippen molar-refractivity contribution in [3.8, 4) is 11.5 Å². The molecule has 11 heteroatoms. The highest BCUT2D eigenvalue weighted by Gasteiger charge is 2.32. The van der Waals surface area contributed by atoms with Gasteiger partial charge in [-0.2, -0.15) is 0 Å². The molecule has 1 atom stereocenters. The van der Waals surface area contributed by atoms with Crippen molar-refractivity contribution in [1.29, 1.82) is 0 Å². The fourth-order valence-electron chi connectivity index (χ4n) is 4.59. The molecule has 0 saturated carbocycles. The van der Waals surface area contributed by atoms with E-state index in [2.05, 4.69) is 36.1 Å². The van der Waals surface area contributed by atoms with E-state index in [0.717, 1.165) is 34.5 Å². The lowest BCUT2D eigenvalue weighted by Gasteiger charge is -2.33. The van der Waals surface area contributed by atoms with Crippen LogP contribution in [-0.2, 0) is 17.6 Å². The number of anilines is 1. The predicted octanol–water partition coefficient (Wildman–Crippen LogP) is 6.28. The number of amides is 1. The van der Waals surface area contributed by atoms with Gasteiger partial charge in [0.25, 0.3) is 0 Å². The minimum absolute atomic E-state index is 0.0786. The number of thiophene rings is 1. The number of aryl methyl sites for hydroxylation is 1. The van der Waals surface area contributed by atoms with E-state index in [1.54, 1.807) is 31.5 Å². The molecule has 1 N–H and O–H groups in total. The van der Waals surface area contributed by atoms with Crippen molar-refractivity contribution < 1.29 is 19.2 Å². The third kappa shape index (κ3) is 5.98. The molecule has 1 aliphatic carbocycles. The van der Waals surface area contributed by atoms with Crippen LogP contribution in [0.5, 0.6) is 11.5 Å². The lowest BCUT2D eigenvalue weighted by Crippen LogP contribution is -2.26. The number of aromatic nitrogens is 2. The van der Waals surface area contributed by atoms with Crippen molar-refractivity contribution in [2.24, 2.45) is 11.3 Å². The zero-order chi connectivity index (χ0) is 26.7. The number of fused-ring (bicyclic) bond motifs is 3. The second-order valence-electron chi connectivity index (χ2n) is 9.94. The van der Waals surface area contributed by atoms with Gasteiger partial charge in [-0.05, 0) is 50.0 Å². The van der Waals surface area contributed by atoms with Crippen molar-refractivity contribution in [3.05, 3.63) is 39.0 Å². The third-order valence-electron chi connectivity index (χ3n) is 6.51. The number of rotatable bonds is 9. The number of thioether (sulfide) groups is 1. The molecule has 0 saturated heterocycles. The van der Waals surface area contributed by atoms with Crippen LogP contribution in [0.4, 0.5) is 11.4 Å². The Balaban J connectivity index is 1.53. The molecule has 3 aromatic rings. The average Bonchev–Trinajstić information content (AvgIpc) is 3.22. The summed E-state index contributed by atoms with van der Waals surface area (Å²) < 4.78 is 11.0. The van der Waals surface area contributed by atoms with Crippen LogP contribution in [0, 0.1) is 21.4 Å². The van der Waals surface area contributed by atoms with Crippen LogP contribution in [0.2, 0.25) is 0 Å². The van der Waals surface area contributed by atoms with Gasteiger partial charge in [-0.3, -0.25) is 14.9 Å². The van der Waals surface area contributed by atoms with Crippen LogP contribution in [-0.4, -0.2) is 39.8 Å². The van der Waals surface area contributed by atoms with Gasteiger partial charge in [-0.25, -0.2) is 9.97 Å². The molecule has 0 aliphatic heterocycles. The summed E-state index contributed by atoms with van der Waals surface area (Å²) in [6.45, 7) is 11.0. The molecule has 0 spiro atoms. The molecule has 0 fully saturated rings. The number of benzene rings is 1. The Labute approximate surface area is 224 Å². The van der Waals surface area contributed by atoms with E-state index in [4.69, 9.17) is 9.47 Å². The monoisotopic (exact) mass is 544 g/mol. The van der Waals surface area contributed by atoms with Crippen molar-refractivity contribution in [1.82, 2.24) is 9.97 Å². The number of hydrogen-bond acceptors (Lipinski definition) is 9. The molecule has 1 unspecified atom stereocenters. The maximum Gasteiger partial charge on any atom is 0.314 e. The van der Waals surface area contributed by atoms with E-state index in [9.17, 15) is 14.9 Å². The molecule has 9 nitrogen and oxygen atoms in total.